The lowest BCUT2D eigenvalue weighted by molar-refractivity contribution is -0.123. The molecule has 0 radical (unpaired) electrons. The molecular formula is C35H50ClN5O4S. The average molecular weight is 672 g/mol. The van der Waals surface area contributed by atoms with E-state index in [1.54, 1.807) is 62.5 Å². The van der Waals surface area contributed by atoms with Gasteiger partial charge < -0.3 is 11.1 Å². The standard InChI is InChI=1S/C17H21N3O3S.C11H12ClNO.C6H12.CH5N/c1-6-11-20(14(4)22)24(23)16-9-7-15(8-10-16)19(5)18-17(12-21)13(2)3;1-2-3-8-13-11(14)9-6-4-5-7-10(9)12;1-4-6(3)5-2;1-2/h6-10,12H,1-2,11H2,3-5H3;2-7H,8H2,1H3,(H,13,14);4H,5H2,1-3H3;2H2,1H3/b18-17-;3-2-;6-4+;. The highest BCUT2D eigenvalue weighted by atomic mass is 35.5. The van der Waals surface area contributed by atoms with E-state index in [9.17, 15) is 18.6 Å². The second-order valence-corrected chi connectivity index (χ2v) is 11.1. The van der Waals surface area contributed by atoms with Crippen molar-refractivity contribution < 1.29 is 18.6 Å². The van der Waals surface area contributed by atoms with Gasteiger partial charge in [0.25, 0.3) is 5.91 Å². The number of allylic oxidation sites excluding steroid dienone is 4. The first-order valence-corrected chi connectivity index (χ1v) is 16.0. The summed E-state index contributed by atoms with van der Waals surface area (Å²) in [5.41, 5.74) is 8.00. The number of aldehydes is 1. The molecule has 1 atom stereocenters. The van der Waals surface area contributed by atoms with Crippen molar-refractivity contribution in [3.8, 4) is 0 Å². The average Bonchev–Trinajstić information content (AvgIpc) is 3.06. The summed E-state index contributed by atoms with van der Waals surface area (Å²) in [4.78, 5) is 34.5. The Balaban J connectivity index is 0. The van der Waals surface area contributed by atoms with Crippen LogP contribution in [0.5, 0.6) is 0 Å². The summed E-state index contributed by atoms with van der Waals surface area (Å²) in [7, 11) is 1.59. The number of nitrogens with one attached hydrogen (secondary N) is 1. The third-order valence-corrected chi connectivity index (χ3v) is 7.66. The molecule has 9 nitrogen and oxygen atoms in total. The van der Waals surface area contributed by atoms with Crippen LogP contribution in [-0.2, 0) is 20.6 Å². The molecule has 0 aliphatic carbocycles. The molecule has 252 valence electrons. The first-order chi connectivity index (χ1) is 21.9. The highest BCUT2D eigenvalue weighted by Crippen LogP contribution is 2.19. The molecule has 0 spiro atoms. The molecule has 2 rings (SSSR count). The lowest BCUT2D eigenvalue weighted by atomic mass is 10.2. The fourth-order valence-corrected chi connectivity index (χ4v) is 4.30. The summed E-state index contributed by atoms with van der Waals surface area (Å²) in [6, 6.07) is 13.7. The molecular weight excluding hydrogens is 622 g/mol. The third kappa shape index (κ3) is 17.4. The lowest BCUT2D eigenvalue weighted by Crippen LogP contribution is -2.30. The second kappa shape index (κ2) is 26.1. The number of carbonyl (C=O) groups is 3. The molecule has 0 aliphatic rings. The van der Waals surface area contributed by atoms with Crippen LogP contribution < -0.4 is 16.1 Å². The number of halogens is 1. The van der Waals surface area contributed by atoms with Gasteiger partial charge in [0.2, 0.25) is 5.91 Å². The van der Waals surface area contributed by atoms with Gasteiger partial charge in [-0.3, -0.25) is 23.7 Å². The Morgan fingerprint density at radius 2 is 1.65 bits per heavy atom. The molecule has 2 aromatic carbocycles. The fourth-order valence-electron chi connectivity index (χ4n) is 2.98. The van der Waals surface area contributed by atoms with E-state index in [1.807, 2.05) is 19.1 Å². The van der Waals surface area contributed by atoms with Crippen LogP contribution in [0.1, 0.15) is 58.3 Å². The Morgan fingerprint density at radius 3 is 2.07 bits per heavy atom. The predicted molar refractivity (Wildman–Crippen MR) is 196 cm³/mol. The Morgan fingerprint density at radius 1 is 1.07 bits per heavy atom. The van der Waals surface area contributed by atoms with Gasteiger partial charge in [-0.05, 0) is 83.1 Å². The zero-order valence-electron chi connectivity index (χ0n) is 28.4. The molecule has 2 amide bonds. The highest BCUT2D eigenvalue weighted by Gasteiger charge is 2.17. The van der Waals surface area contributed by atoms with E-state index in [-0.39, 0.29) is 24.1 Å². The molecule has 3 N–H and O–H groups in total. The molecule has 0 bridgehead atoms. The van der Waals surface area contributed by atoms with Crippen LogP contribution in [0.15, 0.2) is 107 Å². The highest BCUT2D eigenvalue weighted by molar-refractivity contribution is 7.83. The number of benzene rings is 2. The zero-order valence-corrected chi connectivity index (χ0v) is 30.0. The van der Waals surface area contributed by atoms with Crippen LogP contribution in [0.25, 0.3) is 0 Å². The van der Waals surface area contributed by atoms with E-state index in [0.717, 1.165) is 0 Å². The quantitative estimate of drug-likeness (QED) is 0.110. The van der Waals surface area contributed by atoms with Crippen molar-refractivity contribution in [1.82, 2.24) is 9.62 Å². The van der Waals surface area contributed by atoms with E-state index in [2.05, 4.69) is 56.2 Å². The molecule has 2 aromatic rings. The van der Waals surface area contributed by atoms with Gasteiger partial charge in [0.05, 0.1) is 27.7 Å². The number of amides is 2. The smallest absolute Gasteiger partial charge is 0.253 e. The van der Waals surface area contributed by atoms with Gasteiger partial charge >= 0.3 is 0 Å². The summed E-state index contributed by atoms with van der Waals surface area (Å²) >= 11 is 5.85. The number of anilines is 1. The van der Waals surface area contributed by atoms with Crippen molar-refractivity contribution in [2.45, 2.75) is 52.9 Å². The minimum absolute atomic E-state index is 0.145. The first kappa shape index (κ1) is 44.0. The van der Waals surface area contributed by atoms with E-state index >= 15 is 0 Å². The zero-order chi connectivity index (χ0) is 35.7. The molecule has 1 unspecified atom stereocenters. The van der Waals surface area contributed by atoms with Crippen molar-refractivity contribution >= 4 is 52.1 Å². The maximum Gasteiger partial charge on any atom is 0.253 e. The van der Waals surface area contributed by atoms with Crippen LogP contribution in [0.3, 0.4) is 0 Å². The van der Waals surface area contributed by atoms with Crippen LogP contribution >= 0.6 is 11.6 Å². The van der Waals surface area contributed by atoms with Crippen molar-refractivity contribution in [3.05, 3.63) is 108 Å². The largest absolute Gasteiger partial charge is 0.349 e. The Kier molecular flexibility index (Phi) is 25.0. The van der Waals surface area contributed by atoms with Gasteiger partial charge in [-0.2, -0.15) is 5.10 Å². The van der Waals surface area contributed by atoms with Crippen LogP contribution in [-0.4, -0.2) is 59.5 Å². The van der Waals surface area contributed by atoms with E-state index in [4.69, 9.17) is 11.6 Å². The number of nitrogens with zero attached hydrogens (tertiary/aromatic N) is 3. The number of carbonyl (C=O) groups excluding carboxylic acids is 3. The van der Waals surface area contributed by atoms with Gasteiger partial charge in [-0.25, -0.2) is 4.21 Å². The Labute approximate surface area is 283 Å². The molecule has 46 heavy (non-hydrogen) atoms. The van der Waals surface area contributed by atoms with Crippen LogP contribution in [0.4, 0.5) is 5.69 Å². The predicted octanol–water partition coefficient (Wildman–Crippen LogP) is 6.89. The molecule has 0 heterocycles. The van der Waals surface area contributed by atoms with Gasteiger partial charge in [0.15, 0.2) is 17.3 Å². The normalized spacial score (nSPS) is 11.3. The molecule has 0 saturated heterocycles. The first-order valence-electron chi connectivity index (χ1n) is 14.6. The van der Waals surface area contributed by atoms with Gasteiger partial charge in [-0.15, -0.1) is 6.58 Å². The second-order valence-electron chi connectivity index (χ2n) is 9.27. The van der Waals surface area contributed by atoms with E-state index in [1.165, 1.54) is 41.4 Å². The molecule has 11 heteroatoms. The monoisotopic (exact) mass is 671 g/mol. The lowest BCUT2D eigenvalue weighted by Gasteiger charge is -2.19. The van der Waals surface area contributed by atoms with Gasteiger partial charge in [0, 0.05) is 20.5 Å². The number of hydrazone groups is 1. The molecule has 0 aromatic heterocycles. The maximum absolute atomic E-state index is 12.4. The third-order valence-electron chi connectivity index (χ3n) is 5.85. The van der Waals surface area contributed by atoms with Crippen molar-refractivity contribution in [2.75, 3.05) is 32.2 Å². The van der Waals surface area contributed by atoms with Crippen LogP contribution in [0.2, 0.25) is 5.02 Å². The minimum atomic E-state index is -1.60. The summed E-state index contributed by atoms with van der Waals surface area (Å²) in [5.74, 6) is -0.440. The maximum atomic E-state index is 12.4. The number of rotatable bonds is 12. The van der Waals surface area contributed by atoms with Crippen molar-refractivity contribution in [3.63, 3.8) is 0 Å². The summed E-state index contributed by atoms with van der Waals surface area (Å²) < 4.78 is 13.7. The topological polar surface area (TPSA) is 125 Å². The number of nitrogens with two attached hydrogens (primary N) is 1. The van der Waals surface area contributed by atoms with Crippen molar-refractivity contribution in [1.29, 1.82) is 0 Å². The van der Waals surface area contributed by atoms with Crippen molar-refractivity contribution in [2.24, 2.45) is 10.8 Å². The summed E-state index contributed by atoms with van der Waals surface area (Å²) in [6.07, 6.45) is 9.25. The Bertz CT molecular complexity index is 1370. The molecule has 0 saturated carbocycles. The summed E-state index contributed by atoms with van der Waals surface area (Å²) in [5, 5.41) is 8.89. The Hall–Kier alpha value is -4.12. The van der Waals surface area contributed by atoms with Gasteiger partial charge in [-0.1, -0.05) is 67.1 Å². The minimum Gasteiger partial charge on any atom is -0.349 e. The molecule has 0 aliphatic heterocycles. The fraction of sp³-hybridized carbons (Fsp3) is 0.314. The van der Waals surface area contributed by atoms with Gasteiger partial charge in [0.1, 0.15) is 5.71 Å². The number of hydrogen-bond acceptors (Lipinski definition) is 7. The summed E-state index contributed by atoms with van der Waals surface area (Å²) in [6.45, 7) is 19.3. The number of hydrogen-bond donors (Lipinski definition) is 2. The van der Waals surface area contributed by atoms with E-state index in [0.29, 0.717) is 39.6 Å². The SMILES string of the molecule is C/C=C(\C)CC.C/C=C\CNC(=O)c1ccccc1Cl.C=CCN(C(C)=O)S(=O)c1ccc(N(C)/N=C(/C=O)C(=C)C)cc1.CN. The van der Waals surface area contributed by atoms with Crippen LogP contribution in [0, 0.1) is 0 Å². The van der Waals surface area contributed by atoms with E-state index < -0.39 is 11.0 Å². The molecule has 0 fully saturated rings.